The average Bonchev–Trinajstić information content (AvgIpc) is 3.12. The van der Waals surface area contributed by atoms with Gasteiger partial charge in [0.2, 0.25) is 5.89 Å². The molecule has 3 aromatic rings. The first-order valence-electron chi connectivity index (χ1n) is 6.94. The predicted molar refractivity (Wildman–Crippen MR) is 89.5 cm³/mol. The lowest BCUT2D eigenvalue weighted by atomic mass is 10.0. The molecule has 6 heteroatoms. The summed E-state index contributed by atoms with van der Waals surface area (Å²) >= 11 is 9.66. The van der Waals surface area contributed by atoms with Gasteiger partial charge in [-0.3, -0.25) is 4.79 Å². The molecule has 0 saturated heterocycles. The molecule has 0 unspecified atom stereocenters. The highest BCUT2D eigenvalue weighted by Crippen LogP contribution is 2.37. The molecular formula is C17H8BrClN2O2. The highest BCUT2D eigenvalue weighted by molar-refractivity contribution is 9.10. The number of nitriles is 1. The second-order valence-corrected chi connectivity index (χ2v) is 6.51. The molecule has 4 nitrogen and oxygen atoms in total. The van der Waals surface area contributed by atoms with Crippen LogP contribution < -0.4 is 0 Å². The van der Waals surface area contributed by atoms with E-state index in [0.717, 1.165) is 10.0 Å². The fourth-order valence-electron chi connectivity index (χ4n) is 2.89. The van der Waals surface area contributed by atoms with Crippen LogP contribution in [0, 0.1) is 11.3 Å². The van der Waals surface area contributed by atoms with Gasteiger partial charge in [-0.05, 0) is 46.1 Å². The van der Waals surface area contributed by atoms with Crippen LogP contribution in [-0.2, 0) is 6.42 Å². The Morgan fingerprint density at radius 1 is 1.30 bits per heavy atom. The number of halogens is 2. The first kappa shape index (κ1) is 14.4. The molecule has 23 heavy (non-hydrogen) atoms. The molecule has 4 rings (SSSR count). The Balaban J connectivity index is 2.01. The van der Waals surface area contributed by atoms with Crippen LogP contribution in [0.4, 0.5) is 0 Å². The number of fused-ring (bicyclic) bond motifs is 2. The second kappa shape index (κ2) is 5.19. The average molecular weight is 388 g/mol. The maximum atomic E-state index is 12.0. The van der Waals surface area contributed by atoms with Crippen LogP contribution >= 0.6 is 27.5 Å². The van der Waals surface area contributed by atoms with Crippen molar-refractivity contribution >= 4 is 44.4 Å². The smallest absolute Gasteiger partial charge is 0.228 e. The molecule has 1 aliphatic carbocycles. The molecule has 0 amide bonds. The van der Waals surface area contributed by atoms with Crippen molar-refractivity contribution in [3.63, 3.8) is 0 Å². The fraction of sp³-hybridized carbons (Fsp3) is 0.118. The van der Waals surface area contributed by atoms with Gasteiger partial charge in [0.1, 0.15) is 17.1 Å². The minimum absolute atomic E-state index is 0.0448. The van der Waals surface area contributed by atoms with Crippen LogP contribution in [0.25, 0.3) is 22.6 Å². The van der Waals surface area contributed by atoms with E-state index in [-0.39, 0.29) is 5.78 Å². The lowest BCUT2D eigenvalue weighted by molar-refractivity contribution is 0.0994. The van der Waals surface area contributed by atoms with Gasteiger partial charge in [-0.2, -0.15) is 5.26 Å². The van der Waals surface area contributed by atoms with E-state index in [4.69, 9.17) is 16.0 Å². The van der Waals surface area contributed by atoms with Crippen molar-refractivity contribution in [3.05, 3.63) is 50.5 Å². The maximum Gasteiger partial charge on any atom is 0.228 e. The molecule has 0 radical (unpaired) electrons. The van der Waals surface area contributed by atoms with E-state index in [1.165, 1.54) is 0 Å². The van der Waals surface area contributed by atoms with Crippen molar-refractivity contribution in [1.29, 1.82) is 5.26 Å². The van der Waals surface area contributed by atoms with Gasteiger partial charge in [0.05, 0.1) is 10.6 Å². The number of ketones is 1. The number of nitrogens with zero attached hydrogens (tertiary/aromatic N) is 2. The normalized spacial score (nSPS) is 13.3. The molecule has 0 bridgehead atoms. The molecule has 0 aliphatic heterocycles. The van der Waals surface area contributed by atoms with Crippen LogP contribution in [0.5, 0.6) is 0 Å². The van der Waals surface area contributed by atoms with Crippen LogP contribution in [0.15, 0.2) is 33.2 Å². The zero-order valence-electron chi connectivity index (χ0n) is 11.7. The summed E-state index contributed by atoms with van der Waals surface area (Å²) in [6.45, 7) is 0. The van der Waals surface area contributed by atoms with Crippen LogP contribution in [0.3, 0.4) is 0 Å². The number of hydrogen-bond donors (Lipinski definition) is 0. The highest BCUT2D eigenvalue weighted by atomic mass is 79.9. The number of oxazole rings is 1. The molecule has 0 fully saturated rings. The van der Waals surface area contributed by atoms with Gasteiger partial charge in [0.15, 0.2) is 11.4 Å². The lowest BCUT2D eigenvalue weighted by Gasteiger charge is -2.01. The summed E-state index contributed by atoms with van der Waals surface area (Å²) in [6, 6.07) is 9.31. The number of aromatic nitrogens is 1. The summed E-state index contributed by atoms with van der Waals surface area (Å²) in [5.74, 6) is 0.377. The lowest BCUT2D eigenvalue weighted by Crippen LogP contribution is -1.93. The van der Waals surface area contributed by atoms with Gasteiger partial charge in [0, 0.05) is 16.5 Å². The van der Waals surface area contributed by atoms with E-state index < -0.39 is 0 Å². The third-order valence-electron chi connectivity index (χ3n) is 3.98. The van der Waals surface area contributed by atoms with Gasteiger partial charge < -0.3 is 4.42 Å². The standard InChI is InChI=1S/C17H8BrClN2O2/c18-12-3-1-2-9(15(12)19)17-21-13-6-10-8(4-5-14(10)22)11(7-20)16(13)23-17/h1-3,6H,4-5H2. The molecule has 0 spiro atoms. The molecule has 2 aromatic carbocycles. The van der Waals surface area contributed by atoms with Crippen molar-refractivity contribution in [3.8, 4) is 17.5 Å². The third kappa shape index (κ3) is 2.10. The Kier molecular flexibility index (Phi) is 3.26. The Morgan fingerprint density at radius 2 is 2.13 bits per heavy atom. The topological polar surface area (TPSA) is 66.9 Å². The van der Waals surface area contributed by atoms with Crippen molar-refractivity contribution in [2.75, 3.05) is 0 Å². The number of hydrogen-bond acceptors (Lipinski definition) is 4. The Hall–Kier alpha value is -2.16. The highest BCUT2D eigenvalue weighted by Gasteiger charge is 2.27. The molecule has 0 saturated carbocycles. The number of Topliss-reactive ketones (excluding diaryl/α,β-unsaturated/α-hetero) is 1. The second-order valence-electron chi connectivity index (χ2n) is 5.28. The summed E-state index contributed by atoms with van der Waals surface area (Å²) in [4.78, 5) is 16.4. The molecule has 0 N–H and O–H groups in total. The van der Waals surface area contributed by atoms with E-state index in [9.17, 15) is 10.1 Å². The largest absolute Gasteiger partial charge is 0.435 e. The minimum Gasteiger partial charge on any atom is -0.435 e. The van der Waals surface area contributed by atoms with Gasteiger partial charge in [-0.1, -0.05) is 17.7 Å². The molecule has 1 aliphatic rings. The third-order valence-corrected chi connectivity index (χ3v) is 5.28. The summed E-state index contributed by atoms with van der Waals surface area (Å²) in [7, 11) is 0. The summed E-state index contributed by atoms with van der Waals surface area (Å²) in [5.41, 5.74) is 3.27. The number of rotatable bonds is 1. The number of carbonyl (C=O) groups is 1. The van der Waals surface area contributed by atoms with Gasteiger partial charge in [0.25, 0.3) is 0 Å². The first-order valence-corrected chi connectivity index (χ1v) is 8.11. The van der Waals surface area contributed by atoms with Gasteiger partial charge in [-0.25, -0.2) is 4.98 Å². The predicted octanol–water partition coefficient (Wildman–Crippen LogP) is 4.91. The van der Waals surface area contributed by atoms with Gasteiger partial charge in [-0.15, -0.1) is 0 Å². The number of benzene rings is 2. The van der Waals surface area contributed by atoms with Crippen LogP contribution in [-0.4, -0.2) is 10.8 Å². The molecule has 0 atom stereocenters. The van der Waals surface area contributed by atoms with Crippen LogP contribution in [0.1, 0.15) is 27.9 Å². The van der Waals surface area contributed by atoms with E-state index in [1.54, 1.807) is 12.1 Å². The maximum absolute atomic E-state index is 12.0. The van der Waals surface area contributed by atoms with Crippen molar-refractivity contribution in [2.45, 2.75) is 12.8 Å². The molecular weight excluding hydrogens is 380 g/mol. The zero-order valence-corrected chi connectivity index (χ0v) is 14.0. The molecule has 1 heterocycles. The first-order chi connectivity index (χ1) is 11.1. The zero-order chi connectivity index (χ0) is 16.1. The van der Waals surface area contributed by atoms with Gasteiger partial charge >= 0.3 is 0 Å². The number of carbonyl (C=O) groups excluding carboxylic acids is 1. The van der Waals surface area contributed by atoms with E-state index >= 15 is 0 Å². The Bertz CT molecular complexity index is 1030. The monoisotopic (exact) mass is 386 g/mol. The van der Waals surface area contributed by atoms with E-state index in [0.29, 0.717) is 51.5 Å². The van der Waals surface area contributed by atoms with E-state index in [2.05, 4.69) is 27.0 Å². The minimum atomic E-state index is 0.0448. The summed E-state index contributed by atoms with van der Waals surface area (Å²) in [6.07, 6.45) is 1.00. The van der Waals surface area contributed by atoms with Crippen molar-refractivity contribution in [2.24, 2.45) is 0 Å². The van der Waals surface area contributed by atoms with Crippen LogP contribution in [0.2, 0.25) is 5.02 Å². The quantitative estimate of drug-likeness (QED) is 0.595. The summed E-state index contributed by atoms with van der Waals surface area (Å²) < 4.78 is 6.56. The van der Waals surface area contributed by atoms with Crippen molar-refractivity contribution in [1.82, 2.24) is 4.98 Å². The molecule has 112 valence electrons. The molecule has 1 aromatic heterocycles. The fourth-order valence-corrected chi connectivity index (χ4v) is 3.46. The Labute approximate surface area is 144 Å². The summed E-state index contributed by atoms with van der Waals surface area (Å²) in [5, 5.41) is 9.97. The SMILES string of the molecule is N#Cc1c2c(cc3nc(-c4cccc(Br)c4Cl)oc13)C(=O)CC2. The van der Waals surface area contributed by atoms with Crippen molar-refractivity contribution < 1.29 is 9.21 Å². The van der Waals surface area contributed by atoms with E-state index in [1.807, 2.05) is 12.1 Å². The Morgan fingerprint density at radius 3 is 2.91 bits per heavy atom.